The smallest absolute Gasteiger partial charge is 0.456 e. The van der Waals surface area contributed by atoms with Crippen LogP contribution >= 0.6 is 7.82 Å². The van der Waals surface area contributed by atoms with Crippen LogP contribution in [0.1, 0.15) is 239 Å². The summed E-state index contributed by atoms with van der Waals surface area (Å²) in [6, 6.07) is -0.865. The van der Waals surface area contributed by atoms with E-state index >= 15 is 0 Å². The summed E-state index contributed by atoms with van der Waals surface area (Å²) in [7, 11) is 1.47. The second-order valence-electron chi connectivity index (χ2n) is 20.8. The zero-order valence-electron chi connectivity index (χ0n) is 47.8. The molecule has 1 amide bonds. The summed E-state index contributed by atoms with van der Waals surface area (Å²) in [4.78, 5) is 37.6. The molecule has 0 radical (unpaired) electrons. The SMILES string of the molecule is CC/C=C\C/C=C\C/C=C\C/C=C\C/C=C\CCCCCCCC(=O)OC(/C=C\CCCCCCCCCCCC)C(COP(=O)(O)OCC[N+](C)(C)C)NC(=O)CCCCCCCCC/C=C/C/C=C/CC. The molecule has 0 aromatic carbocycles. The lowest BCUT2D eigenvalue weighted by atomic mass is 10.0. The summed E-state index contributed by atoms with van der Waals surface area (Å²) >= 11 is 0. The minimum atomic E-state index is -4.46. The van der Waals surface area contributed by atoms with E-state index in [-0.39, 0.29) is 31.5 Å². The van der Waals surface area contributed by atoms with Crippen molar-refractivity contribution in [3.8, 4) is 0 Å². The third-order valence-corrected chi connectivity index (χ3v) is 13.5. The number of allylic oxidation sites excluding steroid dienone is 15. The van der Waals surface area contributed by atoms with E-state index in [1.165, 1.54) is 70.6 Å². The van der Waals surface area contributed by atoms with Crippen LogP contribution in [0.5, 0.6) is 0 Å². The Morgan fingerprint density at radius 1 is 0.493 bits per heavy atom. The molecular formula is C63H112N2O7P+. The van der Waals surface area contributed by atoms with Gasteiger partial charge >= 0.3 is 13.8 Å². The van der Waals surface area contributed by atoms with E-state index in [0.29, 0.717) is 23.9 Å². The van der Waals surface area contributed by atoms with Gasteiger partial charge in [0.15, 0.2) is 0 Å². The van der Waals surface area contributed by atoms with E-state index in [1.807, 2.05) is 33.3 Å². The molecule has 0 rings (SSSR count). The van der Waals surface area contributed by atoms with Gasteiger partial charge in [-0.15, -0.1) is 0 Å². The molecule has 9 nitrogen and oxygen atoms in total. The highest BCUT2D eigenvalue weighted by molar-refractivity contribution is 7.47. The van der Waals surface area contributed by atoms with Crippen molar-refractivity contribution < 1.29 is 37.3 Å². The van der Waals surface area contributed by atoms with Gasteiger partial charge in [0, 0.05) is 12.8 Å². The number of unbranched alkanes of at least 4 members (excludes halogenated alkanes) is 22. The van der Waals surface area contributed by atoms with Crippen molar-refractivity contribution in [1.29, 1.82) is 0 Å². The van der Waals surface area contributed by atoms with Crippen LogP contribution in [-0.4, -0.2) is 74.3 Å². The molecule has 0 bridgehead atoms. The number of carbonyl (C=O) groups excluding carboxylic acids is 2. The first-order valence-corrected chi connectivity index (χ1v) is 31.1. The minimum Gasteiger partial charge on any atom is -0.456 e. The van der Waals surface area contributed by atoms with Gasteiger partial charge in [0.2, 0.25) is 5.91 Å². The van der Waals surface area contributed by atoms with Crippen LogP contribution in [-0.2, 0) is 27.9 Å². The van der Waals surface area contributed by atoms with Gasteiger partial charge in [-0.1, -0.05) is 221 Å². The van der Waals surface area contributed by atoms with Gasteiger partial charge in [-0.25, -0.2) is 4.57 Å². The van der Waals surface area contributed by atoms with E-state index in [9.17, 15) is 19.0 Å². The maximum absolute atomic E-state index is 13.5. The third-order valence-electron chi connectivity index (χ3n) is 12.5. The number of ether oxygens (including phenoxy) is 1. The van der Waals surface area contributed by atoms with E-state index in [4.69, 9.17) is 13.8 Å². The van der Waals surface area contributed by atoms with E-state index in [1.54, 1.807) is 0 Å². The molecule has 10 heteroatoms. The van der Waals surface area contributed by atoms with Crippen LogP contribution in [0, 0.1) is 0 Å². The maximum atomic E-state index is 13.5. The van der Waals surface area contributed by atoms with Gasteiger partial charge in [0.25, 0.3) is 0 Å². The number of likely N-dealkylation sites (N-methyl/N-ethyl adjacent to an activating group) is 1. The largest absolute Gasteiger partial charge is 0.472 e. The molecule has 0 aromatic rings. The van der Waals surface area contributed by atoms with Gasteiger partial charge in [0.1, 0.15) is 19.3 Å². The number of quaternary nitrogens is 1. The van der Waals surface area contributed by atoms with Crippen molar-refractivity contribution >= 4 is 19.7 Å². The third kappa shape index (κ3) is 53.6. The lowest BCUT2D eigenvalue weighted by Crippen LogP contribution is -2.47. The zero-order chi connectivity index (χ0) is 53.6. The highest BCUT2D eigenvalue weighted by atomic mass is 31.2. The molecule has 3 unspecified atom stereocenters. The van der Waals surface area contributed by atoms with Crippen LogP contribution in [0.4, 0.5) is 0 Å². The first kappa shape index (κ1) is 69.9. The highest BCUT2D eigenvalue weighted by Crippen LogP contribution is 2.43. The number of phosphoric ester groups is 1. The lowest BCUT2D eigenvalue weighted by Gasteiger charge is -2.27. The van der Waals surface area contributed by atoms with Crippen LogP contribution in [0.3, 0.4) is 0 Å². The van der Waals surface area contributed by atoms with Crippen molar-refractivity contribution in [1.82, 2.24) is 5.32 Å². The Balaban J connectivity index is 5.33. The number of nitrogens with zero attached hydrogens (tertiary/aromatic N) is 1. The molecule has 0 fully saturated rings. The van der Waals surface area contributed by atoms with Crippen molar-refractivity contribution in [3.63, 3.8) is 0 Å². The van der Waals surface area contributed by atoms with Gasteiger partial charge in [0.05, 0.1) is 33.8 Å². The number of nitrogens with one attached hydrogen (secondary N) is 1. The Morgan fingerprint density at radius 3 is 1.32 bits per heavy atom. The van der Waals surface area contributed by atoms with E-state index in [0.717, 1.165) is 128 Å². The molecule has 0 spiro atoms. The average molecular weight is 1040 g/mol. The number of carbonyl (C=O) groups is 2. The Kier molecular flexibility index (Phi) is 50.2. The molecule has 420 valence electrons. The minimum absolute atomic E-state index is 0.0306. The summed E-state index contributed by atoms with van der Waals surface area (Å²) in [5, 5.41) is 3.04. The van der Waals surface area contributed by atoms with Crippen molar-refractivity contribution in [3.05, 3.63) is 97.2 Å². The summed E-state index contributed by atoms with van der Waals surface area (Å²) in [6.45, 7) is 6.76. The molecule has 73 heavy (non-hydrogen) atoms. The van der Waals surface area contributed by atoms with Crippen molar-refractivity contribution in [2.24, 2.45) is 0 Å². The standard InChI is InChI=1S/C63H111N2O7P/c1-7-10-13-16-19-22-25-28-30-31-32-33-34-35-36-38-41-44-47-50-53-56-63(67)72-61(54-51-48-45-42-39-27-24-21-18-15-12-9-3)60(59-71-73(68,69)70-58-57-65(4,5)6)64-62(66)55-52-49-46-43-40-37-29-26-23-20-17-14-11-8-2/h10-11,13-14,19-20,22-23,28,30,32-33,35-36,51,54,60-61H,7-9,12,15-18,21,24-27,29,31,34,37-50,52-53,55-59H2,1-6H3,(H-,64,66,68,69)/p+1/b13-10-,14-11+,22-19-,23-20+,30-28-,33-32-,36-35-,54-51-. The molecule has 0 saturated heterocycles. The average Bonchev–Trinajstić information content (AvgIpc) is 3.35. The first-order valence-electron chi connectivity index (χ1n) is 29.6. The zero-order valence-corrected chi connectivity index (χ0v) is 48.7. The molecular weight excluding hydrogens is 928 g/mol. The fraction of sp³-hybridized carbons (Fsp3) is 0.714. The number of amides is 1. The Bertz CT molecular complexity index is 1570. The van der Waals surface area contributed by atoms with Gasteiger partial charge < -0.3 is 19.4 Å². The van der Waals surface area contributed by atoms with E-state index in [2.05, 4.69) is 111 Å². The monoisotopic (exact) mass is 1040 g/mol. The normalized spacial score (nSPS) is 14.5. The van der Waals surface area contributed by atoms with Crippen LogP contribution in [0.15, 0.2) is 97.2 Å². The summed E-state index contributed by atoms with van der Waals surface area (Å²) < 4.78 is 30.6. The van der Waals surface area contributed by atoms with Gasteiger partial charge in [-0.05, 0) is 102 Å². The summed E-state index contributed by atoms with van der Waals surface area (Å²) in [5.74, 6) is -0.542. The molecule has 0 aliphatic rings. The molecule has 0 saturated carbocycles. The van der Waals surface area contributed by atoms with Crippen molar-refractivity contribution in [2.45, 2.75) is 251 Å². The Labute approximate surface area is 449 Å². The molecule has 3 atom stereocenters. The predicted octanol–water partition coefficient (Wildman–Crippen LogP) is 18.0. The number of phosphoric acid groups is 1. The molecule has 0 heterocycles. The number of esters is 1. The van der Waals surface area contributed by atoms with Crippen LogP contribution in [0.25, 0.3) is 0 Å². The van der Waals surface area contributed by atoms with Gasteiger partial charge in [-0.3, -0.25) is 18.6 Å². The fourth-order valence-corrected chi connectivity index (χ4v) is 8.74. The van der Waals surface area contributed by atoms with Crippen molar-refractivity contribution in [2.75, 3.05) is 40.9 Å². The molecule has 0 aliphatic heterocycles. The topological polar surface area (TPSA) is 111 Å². The summed E-state index contributed by atoms with van der Waals surface area (Å²) in [6.07, 6.45) is 69.7. The summed E-state index contributed by atoms with van der Waals surface area (Å²) in [5.41, 5.74) is 0. The van der Waals surface area contributed by atoms with Crippen LogP contribution in [0.2, 0.25) is 0 Å². The Morgan fingerprint density at radius 2 is 0.877 bits per heavy atom. The number of hydrogen-bond acceptors (Lipinski definition) is 6. The Hall–Kier alpha value is -3.07. The maximum Gasteiger partial charge on any atom is 0.472 e. The number of hydrogen-bond donors (Lipinski definition) is 2. The molecule has 2 N–H and O–H groups in total. The highest BCUT2D eigenvalue weighted by Gasteiger charge is 2.30. The lowest BCUT2D eigenvalue weighted by molar-refractivity contribution is -0.870. The predicted molar refractivity (Wildman–Crippen MR) is 314 cm³/mol. The van der Waals surface area contributed by atoms with E-state index < -0.39 is 20.0 Å². The molecule has 0 aromatic heterocycles. The van der Waals surface area contributed by atoms with Gasteiger partial charge in [-0.2, -0.15) is 0 Å². The molecule has 0 aliphatic carbocycles. The first-order chi connectivity index (χ1) is 35.4. The fourth-order valence-electron chi connectivity index (χ4n) is 8.00. The second-order valence-corrected chi connectivity index (χ2v) is 22.2. The second kappa shape index (κ2) is 52.4. The van der Waals surface area contributed by atoms with Crippen LogP contribution < -0.4 is 5.32 Å². The quantitative estimate of drug-likeness (QED) is 0.0205. The number of rotatable bonds is 52.